The zero-order chi connectivity index (χ0) is 42.4. The second-order valence-electron chi connectivity index (χ2n) is 16.2. The van der Waals surface area contributed by atoms with Gasteiger partial charge in [0, 0.05) is 27.6 Å². The topological polar surface area (TPSA) is 43.9 Å². The highest BCUT2D eigenvalue weighted by molar-refractivity contribution is 6.12. The Kier molecular flexibility index (Phi) is 9.12. The first kappa shape index (κ1) is 37.2. The number of rotatable bonds is 8. The van der Waals surface area contributed by atoms with Crippen LogP contribution in [0.2, 0.25) is 0 Å². The molecule has 0 amide bonds. The number of hydrogen-bond donors (Lipinski definition) is 0. The third-order valence-electron chi connectivity index (χ3n) is 12.4. The Balaban J connectivity index is 0.927. The van der Waals surface area contributed by atoms with Crippen molar-refractivity contribution in [3.8, 4) is 84.2 Å². The Labute approximate surface area is 371 Å². The zero-order valence-corrected chi connectivity index (χ0v) is 34.8. The quantitative estimate of drug-likeness (QED) is 0.153. The molecule has 0 saturated heterocycles. The SMILES string of the molecule is c1ccc(-c2nnc(-c3ccc(-c4ccccc4-c4ccccc4-c4ccc5c(c4)c4cc(-c6ccc(-c7ccc8ccccc8c7)cc6)ccc4n5-c4ccccc4)cc3)o2)cc1. The van der Waals surface area contributed by atoms with Crippen LogP contribution in [0.4, 0.5) is 0 Å². The summed E-state index contributed by atoms with van der Waals surface area (Å²) in [6, 6.07) is 84.4. The van der Waals surface area contributed by atoms with Gasteiger partial charge in [-0.15, -0.1) is 10.2 Å². The molecular weight excluding hydrogens is 779 g/mol. The van der Waals surface area contributed by atoms with Gasteiger partial charge in [0.2, 0.25) is 11.8 Å². The molecule has 2 heterocycles. The van der Waals surface area contributed by atoms with Crippen molar-refractivity contribution in [1.82, 2.24) is 14.8 Å². The van der Waals surface area contributed by atoms with Crippen molar-refractivity contribution in [2.45, 2.75) is 0 Å². The Morgan fingerprint density at radius 3 is 1.34 bits per heavy atom. The molecule has 4 nitrogen and oxygen atoms in total. The third kappa shape index (κ3) is 6.66. The maximum Gasteiger partial charge on any atom is 0.248 e. The average Bonchev–Trinajstić information content (AvgIpc) is 4.00. The summed E-state index contributed by atoms with van der Waals surface area (Å²) in [4.78, 5) is 0. The van der Waals surface area contributed by atoms with Gasteiger partial charge in [-0.25, -0.2) is 0 Å². The number of para-hydroxylation sites is 1. The molecule has 0 aliphatic heterocycles. The van der Waals surface area contributed by atoms with Gasteiger partial charge in [-0.05, 0) is 133 Å². The predicted octanol–water partition coefficient (Wildman–Crippen LogP) is 16.0. The van der Waals surface area contributed by atoms with Crippen LogP contribution in [-0.4, -0.2) is 14.8 Å². The summed E-state index contributed by atoms with van der Waals surface area (Å²) in [5, 5.41) is 13.6. The van der Waals surface area contributed by atoms with E-state index >= 15 is 0 Å². The molecule has 10 aromatic carbocycles. The van der Waals surface area contributed by atoms with Crippen molar-refractivity contribution >= 4 is 32.6 Å². The van der Waals surface area contributed by atoms with Gasteiger partial charge in [0.05, 0.1) is 11.0 Å². The van der Waals surface area contributed by atoms with Crippen molar-refractivity contribution in [2.24, 2.45) is 0 Å². The average molecular weight is 818 g/mol. The van der Waals surface area contributed by atoms with Crippen molar-refractivity contribution < 1.29 is 4.42 Å². The molecule has 0 radical (unpaired) electrons. The van der Waals surface area contributed by atoms with E-state index < -0.39 is 0 Å². The molecule has 0 fully saturated rings. The second kappa shape index (κ2) is 15.7. The second-order valence-corrected chi connectivity index (χ2v) is 16.2. The minimum absolute atomic E-state index is 0.495. The largest absolute Gasteiger partial charge is 0.416 e. The van der Waals surface area contributed by atoms with Crippen LogP contribution in [0.1, 0.15) is 0 Å². The van der Waals surface area contributed by atoms with E-state index in [2.05, 4.69) is 221 Å². The van der Waals surface area contributed by atoms with Crippen molar-refractivity contribution in [3.05, 3.63) is 237 Å². The lowest BCUT2D eigenvalue weighted by molar-refractivity contribution is 0.584. The fraction of sp³-hybridized carbons (Fsp3) is 0. The van der Waals surface area contributed by atoms with Gasteiger partial charge in [0.1, 0.15) is 0 Å². The number of hydrogen-bond acceptors (Lipinski definition) is 3. The summed E-state index contributed by atoms with van der Waals surface area (Å²) in [5.41, 5.74) is 17.0. The van der Waals surface area contributed by atoms with Crippen LogP contribution in [0.5, 0.6) is 0 Å². The molecule has 12 rings (SSSR count). The Bertz CT molecular complexity index is 3640. The van der Waals surface area contributed by atoms with Crippen LogP contribution in [0.25, 0.3) is 117 Å². The molecule has 0 bridgehead atoms. The van der Waals surface area contributed by atoms with E-state index in [0.717, 1.165) is 39.1 Å². The van der Waals surface area contributed by atoms with Gasteiger partial charge in [-0.1, -0.05) is 170 Å². The normalized spacial score (nSPS) is 11.4. The number of nitrogens with zero attached hydrogens (tertiary/aromatic N) is 3. The van der Waals surface area contributed by atoms with Gasteiger partial charge in [0.25, 0.3) is 0 Å². The minimum Gasteiger partial charge on any atom is -0.416 e. The first-order valence-corrected chi connectivity index (χ1v) is 21.6. The van der Waals surface area contributed by atoms with Gasteiger partial charge in [-0.3, -0.25) is 0 Å². The maximum absolute atomic E-state index is 6.08. The third-order valence-corrected chi connectivity index (χ3v) is 12.4. The molecule has 12 aromatic rings. The van der Waals surface area contributed by atoms with Crippen LogP contribution >= 0.6 is 0 Å². The summed E-state index contributed by atoms with van der Waals surface area (Å²) in [7, 11) is 0. The molecule has 0 unspecified atom stereocenters. The summed E-state index contributed by atoms with van der Waals surface area (Å²) in [5.74, 6) is 1.00. The molecular formula is C60H39N3O. The molecule has 0 spiro atoms. The monoisotopic (exact) mass is 817 g/mol. The number of aromatic nitrogens is 3. The van der Waals surface area contributed by atoms with E-state index in [9.17, 15) is 0 Å². The molecule has 0 atom stereocenters. The fourth-order valence-electron chi connectivity index (χ4n) is 9.22. The maximum atomic E-state index is 6.08. The molecule has 0 N–H and O–H groups in total. The van der Waals surface area contributed by atoms with E-state index in [1.54, 1.807) is 0 Å². The lowest BCUT2D eigenvalue weighted by Gasteiger charge is -2.15. The lowest BCUT2D eigenvalue weighted by Crippen LogP contribution is -1.93. The molecule has 300 valence electrons. The van der Waals surface area contributed by atoms with Crippen molar-refractivity contribution in [3.63, 3.8) is 0 Å². The molecule has 4 heteroatoms. The zero-order valence-electron chi connectivity index (χ0n) is 34.8. The fourth-order valence-corrected chi connectivity index (χ4v) is 9.22. The summed E-state index contributed by atoms with van der Waals surface area (Å²) >= 11 is 0. The van der Waals surface area contributed by atoms with E-state index in [4.69, 9.17) is 4.42 Å². The van der Waals surface area contributed by atoms with Gasteiger partial charge >= 0.3 is 0 Å². The number of benzene rings is 10. The van der Waals surface area contributed by atoms with Gasteiger partial charge in [-0.2, -0.15) is 0 Å². The highest BCUT2D eigenvalue weighted by Gasteiger charge is 2.18. The van der Waals surface area contributed by atoms with Crippen molar-refractivity contribution in [1.29, 1.82) is 0 Å². The summed E-state index contributed by atoms with van der Waals surface area (Å²) in [6.07, 6.45) is 0. The van der Waals surface area contributed by atoms with Crippen molar-refractivity contribution in [2.75, 3.05) is 0 Å². The van der Waals surface area contributed by atoms with E-state index in [-0.39, 0.29) is 0 Å². The summed E-state index contributed by atoms with van der Waals surface area (Å²) < 4.78 is 8.47. The highest BCUT2D eigenvalue weighted by Crippen LogP contribution is 2.42. The summed E-state index contributed by atoms with van der Waals surface area (Å²) in [6.45, 7) is 0. The van der Waals surface area contributed by atoms with Crippen LogP contribution in [0.3, 0.4) is 0 Å². The van der Waals surface area contributed by atoms with E-state index in [1.807, 2.05) is 30.3 Å². The van der Waals surface area contributed by atoms with E-state index in [1.165, 1.54) is 66.0 Å². The van der Waals surface area contributed by atoms with Gasteiger partial charge in [0.15, 0.2) is 0 Å². The minimum atomic E-state index is 0.495. The van der Waals surface area contributed by atoms with Crippen LogP contribution < -0.4 is 0 Å². The van der Waals surface area contributed by atoms with Crippen LogP contribution in [-0.2, 0) is 0 Å². The molecule has 64 heavy (non-hydrogen) atoms. The molecule has 0 aliphatic rings. The lowest BCUT2D eigenvalue weighted by atomic mass is 9.89. The molecule has 0 aliphatic carbocycles. The Hall–Kier alpha value is -8.60. The Morgan fingerprint density at radius 1 is 0.281 bits per heavy atom. The Morgan fingerprint density at radius 2 is 0.703 bits per heavy atom. The smallest absolute Gasteiger partial charge is 0.248 e. The molecule has 2 aromatic heterocycles. The molecule has 0 saturated carbocycles. The highest BCUT2D eigenvalue weighted by atomic mass is 16.4. The predicted molar refractivity (Wildman–Crippen MR) is 264 cm³/mol. The first-order valence-electron chi connectivity index (χ1n) is 21.6. The number of fused-ring (bicyclic) bond motifs is 4. The standard InChI is InChI=1S/C60H39N3O/c1-3-14-44(15-4-1)59-61-62-60(64-59)45-30-28-43(29-31-45)51-19-9-11-21-53(51)54-22-12-10-20-52(54)49-34-36-58-56(39-49)55-38-48(33-35-57(55)63(58)50-17-5-2-6-18-50)42-25-23-41(24-26-42)47-32-27-40-13-7-8-16-46(40)37-47/h1-39H. The van der Waals surface area contributed by atoms with Gasteiger partial charge < -0.3 is 8.98 Å². The van der Waals surface area contributed by atoms with Crippen LogP contribution in [0, 0.1) is 0 Å². The van der Waals surface area contributed by atoms with E-state index in [0.29, 0.717) is 11.8 Å². The van der Waals surface area contributed by atoms with Crippen LogP contribution in [0.15, 0.2) is 241 Å². The first-order chi connectivity index (χ1) is 31.7.